The predicted molar refractivity (Wildman–Crippen MR) is 86.9 cm³/mol. The Morgan fingerprint density at radius 2 is 1.70 bits per heavy atom. The van der Waals surface area contributed by atoms with Crippen LogP contribution in [0.25, 0.3) is 0 Å². The van der Waals surface area contributed by atoms with Crippen molar-refractivity contribution < 1.29 is 19.1 Å². The molecule has 0 saturated heterocycles. The number of hydrogen-bond donors (Lipinski definition) is 2. The van der Waals surface area contributed by atoms with Gasteiger partial charge in [-0.2, -0.15) is 0 Å². The Bertz CT molecular complexity index is 603. The van der Waals surface area contributed by atoms with E-state index in [1.54, 1.807) is 46.8 Å². The molecule has 0 saturated carbocycles. The number of benzene rings is 1. The van der Waals surface area contributed by atoms with Gasteiger partial charge in [-0.15, -0.1) is 0 Å². The summed E-state index contributed by atoms with van der Waals surface area (Å²) in [5.74, 6) is -1.77. The van der Waals surface area contributed by atoms with Crippen molar-refractivity contribution >= 4 is 17.8 Å². The van der Waals surface area contributed by atoms with Crippen molar-refractivity contribution in [1.29, 1.82) is 0 Å². The van der Waals surface area contributed by atoms with E-state index in [1.807, 2.05) is 0 Å². The molecule has 0 bridgehead atoms. The van der Waals surface area contributed by atoms with Crippen molar-refractivity contribution in [2.24, 2.45) is 11.7 Å². The topological polar surface area (TPSA) is 98.5 Å². The van der Waals surface area contributed by atoms with E-state index in [9.17, 15) is 14.4 Å². The number of hydrogen-bond acceptors (Lipinski definition) is 5. The molecule has 0 spiro atoms. The van der Waals surface area contributed by atoms with Gasteiger partial charge in [0.2, 0.25) is 5.91 Å². The smallest absolute Gasteiger partial charge is 0.338 e. The largest absolute Gasteiger partial charge is 0.456 e. The summed E-state index contributed by atoms with van der Waals surface area (Å²) in [6.45, 7) is 8.85. The highest BCUT2D eigenvalue weighted by molar-refractivity contribution is 6.07. The van der Waals surface area contributed by atoms with Gasteiger partial charge in [0.25, 0.3) is 5.91 Å². The molecule has 0 unspecified atom stereocenters. The van der Waals surface area contributed by atoms with E-state index in [1.165, 1.54) is 12.1 Å². The molecule has 1 aromatic carbocycles. The average Bonchev–Trinajstić information content (AvgIpc) is 2.44. The van der Waals surface area contributed by atoms with Crippen LogP contribution in [0.1, 0.15) is 55.3 Å². The summed E-state index contributed by atoms with van der Waals surface area (Å²) < 4.78 is 5.25. The lowest BCUT2D eigenvalue weighted by Gasteiger charge is -2.19. The average molecular weight is 320 g/mol. The second kappa shape index (κ2) is 7.37. The molecule has 6 nitrogen and oxygen atoms in total. The minimum absolute atomic E-state index is 0.0871. The Balaban J connectivity index is 2.86. The van der Waals surface area contributed by atoms with Crippen molar-refractivity contribution in [2.45, 2.75) is 46.3 Å². The minimum Gasteiger partial charge on any atom is -0.456 e. The third kappa shape index (κ3) is 5.83. The minimum atomic E-state index is -0.770. The lowest BCUT2D eigenvalue weighted by atomic mass is 10.0. The zero-order valence-electron chi connectivity index (χ0n) is 14.2. The fraction of sp³-hybridized carbons (Fsp3) is 0.471. The molecule has 1 aromatic rings. The standard InChI is InChI=1S/C17H24N2O4/c1-10(2)13(18)15(21)19-14(20)11-7-6-8-12(9-11)16(22)23-17(3,4)5/h6-10,13H,18H2,1-5H3,(H,19,20,21)/t13-/m0/s1. The predicted octanol–water partition coefficient (Wildman–Crippen LogP) is 1.88. The van der Waals surface area contributed by atoms with Gasteiger partial charge in [0, 0.05) is 5.56 Å². The van der Waals surface area contributed by atoms with Crippen molar-refractivity contribution in [2.75, 3.05) is 0 Å². The van der Waals surface area contributed by atoms with Crippen LogP contribution < -0.4 is 11.1 Å². The number of carbonyl (C=O) groups excluding carboxylic acids is 3. The molecular weight excluding hydrogens is 296 g/mol. The highest BCUT2D eigenvalue weighted by atomic mass is 16.6. The van der Waals surface area contributed by atoms with Gasteiger partial charge >= 0.3 is 5.97 Å². The van der Waals surface area contributed by atoms with E-state index in [2.05, 4.69) is 5.32 Å². The zero-order chi connectivity index (χ0) is 17.8. The Labute approximate surface area is 136 Å². The molecule has 1 atom stereocenters. The fourth-order valence-electron chi connectivity index (χ4n) is 1.69. The quantitative estimate of drug-likeness (QED) is 0.825. The zero-order valence-corrected chi connectivity index (χ0v) is 14.2. The van der Waals surface area contributed by atoms with Crippen LogP contribution in [-0.4, -0.2) is 29.4 Å². The molecule has 126 valence electrons. The molecular formula is C17H24N2O4. The number of imide groups is 1. The van der Waals surface area contributed by atoms with E-state index in [4.69, 9.17) is 10.5 Å². The summed E-state index contributed by atoms with van der Waals surface area (Å²) in [7, 11) is 0. The molecule has 23 heavy (non-hydrogen) atoms. The summed E-state index contributed by atoms with van der Waals surface area (Å²) in [5.41, 5.74) is 5.50. The highest BCUT2D eigenvalue weighted by Gasteiger charge is 2.22. The Kier molecular flexibility index (Phi) is 6.04. The maximum atomic E-state index is 12.1. The first kappa shape index (κ1) is 18.8. The molecule has 0 aliphatic rings. The van der Waals surface area contributed by atoms with Gasteiger partial charge in [-0.05, 0) is 44.9 Å². The first-order chi connectivity index (χ1) is 10.5. The number of nitrogens with two attached hydrogens (primary N) is 1. The second-order valence-electron chi connectivity index (χ2n) is 6.67. The van der Waals surface area contributed by atoms with Crippen LogP contribution in [0.5, 0.6) is 0 Å². The molecule has 0 aromatic heterocycles. The number of rotatable bonds is 4. The molecule has 0 heterocycles. The monoisotopic (exact) mass is 320 g/mol. The molecule has 0 aliphatic carbocycles. The Morgan fingerprint density at radius 1 is 1.13 bits per heavy atom. The summed E-state index contributed by atoms with van der Waals surface area (Å²) >= 11 is 0. The van der Waals surface area contributed by atoms with Crippen LogP contribution in [0.2, 0.25) is 0 Å². The normalized spacial score (nSPS) is 12.7. The highest BCUT2D eigenvalue weighted by Crippen LogP contribution is 2.13. The van der Waals surface area contributed by atoms with E-state index < -0.39 is 29.4 Å². The van der Waals surface area contributed by atoms with Gasteiger partial charge < -0.3 is 10.5 Å². The van der Waals surface area contributed by atoms with E-state index in [-0.39, 0.29) is 17.0 Å². The number of nitrogens with one attached hydrogen (secondary N) is 1. The first-order valence-electron chi connectivity index (χ1n) is 7.45. The van der Waals surface area contributed by atoms with Crippen LogP contribution in [0.4, 0.5) is 0 Å². The lowest BCUT2D eigenvalue weighted by Crippen LogP contribution is -2.46. The molecule has 6 heteroatoms. The number of carbonyl (C=O) groups is 3. The van der Waals surface area contributed by atoms with Crippen LogP contribution in [0.15, 0.2) is 24.3 Å². The second-order valence-corrected chi connectivity index (χ2v) is 6.67. The van der Waals surface area contributed by atoms with Gasteiger partial charge in [0.1, 0.15) is 5.60 Å². The van der Waals surface area contributed by atoms with Gasteiger partial charge in [0.15, 0.2) is 0 Å². The molecule has 1 rings (SSSR count). The third-order valence-corrected chi connectivity index (χ3v) is 3.02. The van der Waals surface area contributed by atoms with Gasteiger partial charge in [-0.3, -0.25) is 14.9 Å². The fourth-order valence-corrected chi connectivity index (χ4v) is 1.69. The van der Waals surface area contributed by atoms with Crippen molar-refractivity contribution in [1.82, 2.24) is 5.32 Å². The molecule has 0 aliphatic heterocycles. The van der Waals surface area contributed by atoms with Crippen molar-refractivity contribution in [3.05, 3.63) is 35.4 Å². The maximum absolute atomic E-state index is 12.1. The van der Waals surface area contributed by atoms with Gasteiger partial charge in [-0.25, -0.2) is 4.79 Å². The first-order valence-corrected chi connectivity index (χ1v) is 7.45. The molecule has 0 fully saturated rings. The summed E-state index contributed by atoms with van der Waals surface area (Å²) in [6.07, 6.45) is 0. The maximum Gasteiger partial charge on any atom is 0.338 e. The summed E-state index contributed by atoms with van der Waals surface area (Å²) in [6, 6.07) is 5.23. The van der Waals surface area contributed by atoms with E-state index in [0.29, 0.717) is 0 Å². The van der Waals surface area contributed by atoms with E-state index >= 15 is 0 Å². The van der Waals surface area contributed by atoms with Crippen LogP contribution in [0.3, 0.4) is 0 Å². The number of esters is 1. The third-order valence-electron chi connectivity index (χ3n) is 3.02. The van der Waals surface area contributed by atoms with Crippen molar-refractivity contribution in [3.63, 3.8) is 0 Å². The summed E-state index contributed by atoms with van der Waals surface area (Å²) in [4.78, 5) is 35.9. The van der Waals surface area contributed by atoms with Gasteiger partial charge in [0.05, 0.1) is 11.6 Å². The van der Waals surface area contributed by atoms with Crippen molar-refractivity contribution in [3.8, 4) is 0 Å². The SMILES string of the molecule is CC(C)[C@H](N)C(=O)NC(=O)c1cccc(C(=O)OC(C)(C)C)c1. The molecule has 3 N–H and O–H groups in total. The Hall–Kier alpha value is -2.21. The molecule has 0 radical (unpaired) electrons. The number of amides is 2. The Morgan fingerprint density at radius 3 is 2.22 bits per heavy atom. The summed E-state index contributed by atoms with van der Waals surface area (Å²) in [5, 5.41) is 2.24. The lowest BCUT2D eigenvalue weighted by molar-refractivity contribution is -0.122. The van der Waals surface area contributed by atoms with Crippen LogP contribution in [0, 0.1) is 5.92 Å². The van der Waals surface area contributed by atoms with E-state index in [0.717, 1.165) is 0 Å². The van der Waals surface area contributed by atoms with Crippen LogP contribution in [-0.2, 0) is 9.53 Å². The van der Waals surface area contributed by atoms with Crippen LogP contribution >= 0.6 is 0 Å². The molecule has 2 amide bonds. The van der Waals surface area contributed by atoms with Gasteiger partial charge in [-0.1, -0.05) is 19.9 Å². The number of ether oxygens (including phenoxy) is 1.